The molecule has 1 aromatic heterocycles. The first-order chi connectivity index (χ1) is 6.34. The number of carbonyl (C=O) groups is 1. The minimum absolute atomic E-state index is 0.248. The van der Waals surface area contributed by atoms with Crippen molar-refractivity contribution in [2.45, 2.75) is 6.92 Å². The van der Waals surface area contributed by atoms with Gasteiger partial charge in [0, 0.05) is 6.21 Å². The molecule has 0 atom stereocenters. The van der Waals surface area contributed by atoms with E-state index in [0.29, 0.717) is 0 Å². The van der Waals surface area contributed by atoms with Gasteiger partial charge in [-0.1, -0.05) is 6.08 Å². The van der Waals surface area contributed by atoms with Crippen molar-refractivity contribution in [2.24, 2.45) is 5.10 Å². The molecule has 0 aliphatic heterocycles. The highest BCUT2D eigenvalue weighted by molar-refractivity contribution is 5.91. The standard InChI is InChI=1S/C9H10N2O2/c1-2-3-6-10-11-9(12)8-5-4-7-13-8/h2-7H,1H3,(H,11,12). The van der Waals surface area contributed by atoms with Gasteiger partial charge < -0.3 is 4.42 Å². The minimum atomic E-state index is -0.356. The SMILES string of the molecule is CC=CC=NNC(=O)c1ccco1. The summed E-state index contributed by atoms with van der Waals surface area (Å²) in [6.07, 6.45) is 6.44. The second-order valence-electron chi connectivity index (χ2n) is 2.22. The monoisotopic (exact) mass is 178 g/mol. The van der Waals surface area contributed by atoms with Crippen LogP contribution in [0.1, 0.15) is 17.5 Å². The van der Waals surface area contributed by atoms with E-state index in [0.717, 1.165) is 0 Å². The molecule has 0 aromatic carbocycles. The molecule has 1 heterocycles. The minimum Gasteiger partial charge on any atom is -0.459 e. The molecule has 1 aromatic rings. The van der Waals surface area contributed by atoms with E-state index in [1.165, 1.54) is 12.5 Å². The molecular weight excluding hydrogens is 168 g/mol. The van der Waals surface area contributed by atoms with Gasteiger partial charge in [0.1, 0.15) is 0 Å². The number of nitrogens with one attached hydrogen (secondary N) is 1. The number of allylic oxidation sites excluding steroid dienone is 2. The maximum Gasteiger partial charge on any atom is 0.307 e. The molecule has 0 radical (unpaired) electrons. The molecule has 0 saturated heterocycles. The van der Waals surface area contributed by atoms with E-state index < -0.39 is 0 Å². The molecule has 0 saturated carbocycles. The maximum absolute atomic E-state index is 11.1. The molecule has 4 nitrogen and oxygen atoms in total. The Kier molecular flexibility index (Phi) is 3.50. The second-order valence-corrected chi connectivity index (χ2v) is 2.22. The van der Waals surface area contributed by atoms with E-state index in [-0.39, 0.29) is 11.7 Å². The largest absolute Gasteiger partial charge is 0.459 e. The third-order valence-electron chi connectivity index (χ3n) is 1.26. The summed E-state index contributed by atoms with van der Waals surface area (Å²) in [6.45, 7) is 1.86. The van der Waals surface area contributed by atoms with E-state index in [9.17, 15) is 4.79 Å². The normalized spacial score (nSPS) is 11.2. The summed E-state index contributed by atoms with van der Waals surface area (Å²) in [5.41, 5.74) is 2.31. The summed E-state index contributed by atoms with van der Waals surface area (Å²) in [5.74, 6) is -0.108. The number of carbonyl (C=O) groups excluding carboxylic acids is 1. The smallest absolute Gasteiger partial charge is 0.307 e. The Morgan fingerprint density at radius 3 is 3.15 bits per heavy atom. The van der Waals surface area contributed by atoms with Crippen molar-refractivity contribution in [3.63, 3.8) is 0 Å². The Bertz CT molecular complexity index is 312. The Hall–Kier alpha value is -1.84. The first-order valence-electron chi connectivity index (χ1n) is 3.83. The molecule has 0 aliphatic carbocycles. The number of hydrogen-bond acceptors (Lipinski definition) is 3. The highest BCUT2D eigenvalue weighted by atomic mass is 16.3. The highest BCUT2D eigenvalue weighted by Gasteiger charge is 2.05. The van der Waals surface area contributed by atoms with Crippen LogP contribution in [0.25, 0.3) is 0 Å². The predicted molar refractivity (Wildman–Crippen MR) is 49.5 cm³/mol. The molecule has 4 heteroatoms. The maximum atomic E-state index is 11.1. The lowest BCUT2D eigenvalue weighted by Crippen LogP contribution is -2.16. The number of furan rings is 1. The van der Waals surface area contributed by atoms with Crippen LogP contribution in [0.4, 0.5) is 0 Å². The fraction of sp³-hybridized carbons (Fsp3) is 0.111. The van der Waals surface area contributed by atoms with Crippen molar-refractivity contribution < 1.29 is 9.21 Å². The molecule has 0 fully saturated rings. The van der Waals surface area contributed by atoms with Crippen LogP contribution in [0.5, 0.6) is 0 Å². The lowest BCUT2D eigenvalue weighted by Gasteiger charge is -1.92. The van der Waals surface area contributed by atoms with E-state index in [2.05, 4.69) is 10.5 Å². The first-order valence-corrected chi connectivity index (χ1v) is 3.83. The topological polar surface area (TPSA) is 54.6 Å². The van der Waals surface area contributed by atoms with Crippen LogP contribution in [0.2, 0.25) is 0 Å². The van der Waals surface area contributed by atoms with Gasteiger partial charge >= 0.3 is 5.91 Å². The summed E-state index contributed by atoms with van der Waals surface area (Å²) in [4.78, 5) is 11.1. The van der Waals surface area contributed by atoms with Crippen LogP contribution in [0.15, 0.2) is 40.1 Å². The van der Waals surface area contributed by atoms with Crippen LogP contribution < -0.4 is 5.43 Å². The van der Waals surface area contributed by atoms with Crippen molar-refractivity contribution in [2.75, 3.05) is 0 Å². The van der Waals surface area contributed by atoms with Crippen molar-refractivity contribution in [3.05, 3.63) is 36.3 Å². The Morgan fingerprint density at radius 2 is 2.54 bits per heavy atom. The fourth-order valence-corrected chi connectivity index (χ4v) is 0.688. The first kappa shape index (κ1) is 9.25. The van der Waals surface area contributed by atoms with Gasteiger partial charge in [0.15, 0.2) is 5.76 Å². The van der Waals surface area contributed by atoms with Gasteiger partial charge in [0.25, 0.3) is 0 Å². The van der Waals surface area contributed by atoms with Gasteiger partial charge in [-0.05, 0) is 25.1 Å². The van der Waals surface area contributed by atoms with Crippen LogP contribution in [0, 0.1) is 0 Å². The van der Waals surface area contributed by atoms with Gasteiger partial charge in [-0.3, -0.25) is 4.79 Å². The molecule has 0 bridgehead atoms. The molecule has 1 rings (SSSR count). The van der Waals surface area contributed by atoms with Crippen molar-refractivity contribution in [1.82, 2.24) is 5.43 Å². The predicted octanol–water partition coefficient (Wildman–Crippen LogP) is 1.57. The zero-order valence-corrected chi connectivity index (χ0v) is 7.23. The van der Waals surface area contributed by atoms with E-state index in [1.54, 1.807) is 18.2 Å². The van der Waals surface area contributed by atoms with E-state index in [4.69, 9.17) is 4.42 Å². The highest BCUT2D eigenvalue weighted by Crippen LogP contribution is 1.98. The van der Waals surface area contributed by atoms with Crippen LogP contribution in [-0.2, 0) is 0 Å². The molecule has 1 amide bonds. The fourth-order valence-electron chi connectivity index (χ4n) is 0.688. The van der Waals surface area contributed by atoms with Crippen molar-refractivity contribution >= 4 is 12.1 Å². The summed E-state index contributed by atoms with van der Waals surface area (Å²) in [7, 11) is 0. The lowest BCUT2D eigenvalue weighted by atomic mass is 10.4. The third kappa shape index (κ3) is 2.94. The summed E-state index contributed by atoms with van der Waals surface area (Å²) < 4.78 is 4.85. The van der Waals surface area contributed by atoms with Gasteiger partial charge in [-0.25, -0.2) is 5.43 Å². The van der Waals surface area contributed by atoms with Gasteiger partial charge in [-0.15, -0.1) is 0 Å². The van der Waals surface area contributed by atoms with Gasteiger partial charge in [0.2, 0.25) is 0 Å². The summed E-state index contributed by atoms with van der Waals surface area (Å²) in [6, 6.07) is 3.21. The Morgan fingerprint density at radius 1 is 1.69 bits per heavy atom. The van der Waals surface area contributed by atoms with E-state index in [1.807, 2.05) is 13.0 Å². The van der Waals surface area contributed by atoms with Gasteiger partial charge in [-0.2, -0.15) is 5.10 Å². The lowest BCUT2D eigenvalue weighted by molar-refractivity contribution is 0.0927. The third-order valence-corrected chi connectivity index (χ3v) is 1.26. The molecular formula is C9H10N2O2. The zero-order valence-electron chi connectivity index (χ0n) is 7.23. The molecule has 13 heavy (non-hydrogen) atoms. The number of hydrogen-bond donors (Lipinski definition) is 1. The van der Waals surface area contributed by atoms with Crippen LogP contribution in [0.3, 0.4) is 0 Å². The van der Waals surface area contributed by atoms with Crippen molar-refractivity contribution in [3.8, 4) is 0 Å². The van der Waals surface area contributed by atoms with E-state index >= 15 is 0 Å². The Balaban J connectivity index is 2.43. The Labute approximate surface area is 75.9 Å². The molecule has 0 aliphatic rings. The number of hydrazone groups is 1. The number of rotatable bonds is 3. The average Bonchev–Trinajstić information content (AvgIpc) is 2.65. The molecule has 0 spiro atoms. The molecule has 1 N–H and O–H groups in total. The number of nitrogens with zero attached hydrogens (tertiary/aromatic N) is 1. The average molecular weight is 178 g/mol. The van der Waals surface area contributed by atoms with Crippen LogP contribution >= 0.6 is 0 Å². The molecule has 0 unspecified atom stereocenters. The summed E-state index contributed by atoms with van der Waals surface area (Å²) in [5, 5.41) is 3.65. The van der Waals surface area contributed by atoms with Crippen molar-refractivity contribution in [1.29, 1.82) is 0 Å². The van der Waals surface area contributed by atoms with Crippen LogP contribution in [-0.4, -0.2) is 12.1 Å². The second kappa shape index (κ2) is 4.92. The summed E-state index contributed by atoms with van der Waals surface area (Å²) >= 11 is 0. The number of amides is 1. The quantitative estimate of drug-likeness (QED) is 0.564. The molecule has 68 valence electrons. The van der Waals surface area contributed by atoms with Gasteiger partial charge in [0.05, 0.1) is 6.26 Å². The zero-order chi connectivity index (χ0) is 9.52.